The van der Waals surface area contributed by atoms with Crippen LogP contribution in [0.4, 0.5) is 4.79 Å². The summed E-state index contributed by atoms with van der Waals surface area (Å²) in [5.41, 5.74) is 0. The van der Waals surface area contributed by atoms with Gasteiger partial charge >= 0.3 is 12.0 Å². The van der Waals surface area contributed by atoms with Crippen molar-refractivity contribution in [2.75, 3.05) is 20.3 Å². The van der Waals surface area contributed by atoms with Crippen LogP contribution in [-0.2, 0) is 9.53 Å². The van der Waals surface area contributed by atoms with Crippen LogP contribution in [0, 0.1) is 11.8 Å². The normalized spacial score (nSPS) is 17.4. The summed E-state index contributed by atoms with van der Waals surface area (Å²) in [5, 5.41) is 11.9. The molecular weight excluding hydrogens is 272 g/mol. The van der Waals surface area contributed by atoms with Crippen LogP contribution in [0.1, 0.15) is 40.0 Å². The Morgan fingerprint density at radius 1 is 1.33 bits per heavy atom. The molecule has 1 saturated carbocycles. The van der Waals surface area contributed by atoms with E-state index in [1.54, 1.807) is 12.0 Å². The molecule has 1 rings (SSSR count). The fourth-order valence-electron chi connectivity index (χ4n) is 2.44. The molecule has 0 aromatic carbocycles. The number of hydrogen-bond donors (Lipinski definition) is 2. The molecule has 0 radical (unpaired) electrons. The quantitative estimate of drug-likeness (QED) is 0.682. The lowest BCUT2D eigenvalue weighted by atomic mass is 10.0. The molecular formula is C15H28N2O4. The van der Waals surface area contributed by atoms with Crippen LogP contribution in [0.2, 0.25) is 0 Å². The number of carboxylic acids is 1. The van der Waals surface area contributed by atoms with E-state index in [1.807, 2.05) is 20.8 Å². The van der Waals surface area contributed by atoms with E-state index in [1.165, 1.54) is 0 Å². The van der Waals surface area contributed by atoms with Crippen LogP contribution in [-0.4, -0.2) is 54.4 Å². The summed E-state index contributed by atoms with van der Waals surface area (Å²) < 4.78 is 5.05. The van der Waals surface area contributed by atoms with Crippen molar-refractivity contribution in [2.24, 2.45) is 11.8 Å². The van der Waals surface area contributed by atoms with Gasteiger partial charge in [-0.2, -0.15) is 0 Å². The summed E-state index contributed by atoms with van der Waals surface area (Å²) in [4.78, 5) is 25.4. The number of aliphatic carboxylic acids is 1. The Labute approximate surface area is 126 Å². The van der Waals surface area contributed by atoms with Crippen LogP contribution in [0.25, 0.3) is 0 Å². The fourth-order valence-corrected chi connectivity index (χ4v) is 2.44. The topological polar surface area (TPSA) is 78.9 Å². The molecule has 0 aromatic rings. The van der Waals surface area contributed by atoms with Crippen molar-refractivity contribution < 1.29 is 19.4 Å². The maximum Gasteiger partial charge on any atom is 0.326 e. The Hall–Kier alpha value is -1.30. The minimum atomic E-state index is -0.984. The van der Waals surface area contributed by atoms with E-state index in [-0.39, 0.29) is 18.0 Å². The lowest BCUT2D eigenvalue weighted by Gasteiger charge is -2.31. The third kappa shape index (κ3) is 5.91. The number of carbonyl (C=O) groups is 2. The fraction of sp³-hybridized carbons (Fsp3) is 0.867. The molecule has 1 unspecified atom stereocenters. The van der Waals surface area contributed by atoms with Crippen molar-refractivity contribution in [3.05, 3.63) is 0 Å². The van der Waals surface area contributed by atoms with Gasteiger partial charge in [0.2, 0.25) is 0 Å². The number of ether oxygens (including phenoxy) is 1. The van der Waals surface area contributed by atoms with Crippen LogP contribution < -0.4 is 5.32 Å². The van der Waals surface area contributed by atoms with E-state index < -0.39 is 12.0 Å². The summed E-state index contributed by atoms with van der Waals surface area (Å²) in [5.74, 6) is -0.247. The summed E-state index contributed by atoms with van der Waals surface area (Å²) in [6.45, 7) is 6.83. The van der Waals surface area contributed by atoms with Gasteiger partial charge in [0.25, 0.3) is 0 Å². The molecule has 0 bridgehead atoms. The Morgan fingerprint density at radius 2 is 1.95 bits per heavy atom. The van der Waals surface area contributed by atoms with Crippen molar-refractivity contribution in [1.29, 1.82) is 0 Å². The SMILES string of the molecule is COCCN(C(=O)N[C@H](CC(C)C)C(=O)O)C(C)C1CC1. The third-order valence-corrected chi connectivity index (χ3v) is 3.90. The van der Waals surface area contributed by atoms with Crippen molar-refractivity contribution in [1.82, 2.24) is 10.2 Å². The molecule has 6 nitrogen and oxygen atoms in total. The standard InChI is InChI=1S/C15H28N2O4/c1-10(2)9-13(14(18)19)16-15(20)17(7-8-21-4)11(3)12-5-6-12/h10-13H,5-9H2,1-4H3,(H,16,20)(H,18,19)/t11?,13-/m1/s1. The molecule has 1 aliphatic rings. The van der Waals surface area contributed by atoms with Crippen LogP contribution in [0.3, 0.4) is 0 Å². The Kier molecular flexibility index (Phi) is 6.95. The minimum Gasteiger partial charge on any atom is -0.480 e. The molecule has 6 heteroatoms. The minimum absolute atomic E-state index is 0.119. The van der Waals surface area contributed by atoms with Gasteiger partial charge in [-0.05, 0) is 38.0 Å². The molecule has 21 heavy (non-hydrogen) atoms. The molecule has 1 aliphatic carbocycles. The van der Waals surface area contributed by atoms with Gasteiger partial charge in [0.15, 0.2) is 0 Å². The predicted octanol–water partition coefficient (Wildman–Crippen LogP) is 1.94. The average Bonchev–Trinajstić information content (AvgIpc) is 3.21. The Bertz CT molecular complexity index is 356. The van der Waals surface area contributed by atoms with Gasteiger partial charge in [0.05, 0.1) is 6.61 Å². The second kappa shape index (κ2) is 8.22. The summed E-state index contributed by atoms with van der Waals surface area (Å²) >= 11 is 0. The van der Waals surface area contributed by atoms with Crippen LogP contribution >= 0.6 is 0 Å². The predicted molar refractivity (Wildman–Crippen MR) is 80.2 cm³/mol. The van der Waals surface area contributed by atoms with E-state index in [2.05, 4.69) is 5.32 Å². The number of amides is 2. The first kappa shape index (κ1) is 17.8. The first-order valence-corrected chi connectivity index (χ1v) is 7.65. The van der Waals surface area contributed by atoms with Crippen LogP contribution in [0.5, 0.6) is 0 Å². The highest BCUT2D eigenvalue weighted by atomic mass is 16.5. The zero-order chi connectivity index (χ0) is 16.0. The van der Waals surface area contributed by atoms with Crippen molar-refractivity contribution in [3.63, 3.8) is 0 Å². The first-order chi connectivity index (χ1) is 9.86. The number of nitrogens with one attached hydrogen (secondary N) is 1. The largest absolute Gasteiger partial charge is 0.480 e. The molecule has 122 valence electrons. The van der Waals surface area contributed by atoms with Gasteiger partial charge in [-0.3, -0.25) is 0 Å². The average molecular weight is 300 g/mol. The van der Waals surface area contributed by atoms with Gasteiger partial charge in [0, 0.05) is 19.7 Å². The first-order valence-electron chi connectivity index (χ1n) is 7.65. The molecule has 2 amide bonds. The maximum atomic E-state index is 12.4. The zero-order valence-electron chi connectivity index (χ0n) is 13.5. The molecule has 1 fully saturated rings. The Balaban J connectivity index is 2.66. The van der Waals surface area contributed by atoms with E-state index in [9.17, 15) is 14.7 Å². The molecule has 0 aliphatic heterocycles. The molecule has 0 saturated heterocycles. The number of rotatable bonds is 9. The summed E-state index contributed by atoms with van der Waals surface area (Å²) in [6, 6.07) is -1.03. The molecule has 0 aromatic heterocycles. The molecule has 0 heterocycles. The van der Waals surface area contributed by atoms with Gasteiger partial charge in [-0.15, -0.1) is 0 Å². The van der Waals surface area contributed by atoms with E-state index >= 15 is 0 Å². The van der Waals surface area contributed by atoms with Gasteiger partial charge in [0.1, 0.15) is 6.04 Å². The van der Waals surface area contributed by atoms with Crippen molar-refractivity contribution in [3.8, 4) is 0 Å². The number of urea groups is 1. The maximum absolute atomic E-state index is 12.4. The van der Waals surface area contributed by atoms with Crippen molar-refractivity contribution in [2.45, 2.75) is 52.1 Å². The van der Waals surface area contributed by atoms with Gasteiger partial charge in [-0.1, -0.05) is 13.8 Å². The second-order valence-electron chi connectivity index (χ2n) is 6.23. The Morgan fingerprint density at radius 3 is 2.38 bits per heavy atom. The van der Waals surface area contributed by atoms with Crippen molar-refractivity contribution >= 4 is 12.0 Å². The number of carboxylic acid groups (broad SMARTS) is 1. The highest BCUT2D eigenvalue weighted by Gasteiger charge is 2.35. The lowest BCUT2D eigenvalue weighted by molar-refractivity contribution is -0.139. The lowest BCUT2D eigenvalue weighted by Crippen LogP contribution is -2.52. The molecule has 2 N–H and O–H groups in total. The van der Waals surface area contributed by atoms with E-state index in [4.69, 9.17) is 4.74 Å². The second-order valence-corrected chi connectivity index (χ2v) is 6.23. The van der Waals surface area contributed by atoms with E-state index in [0.29, 0.717) is 25.5 Å². The summed E-state index contributed by atoms with van der Waals surface area (Å²) in [7, 11) is 1.59. The number of carbonyl (C=O) groups excluding carboxylic acids is 1. The summed E-state index contributed by atoms with van der Waals surface area (Å²) in [6.07, 6.45) is 2.69. The monoisotopic (exact) mass is 300 g/mol. The molecule has 0 spiro atoms. The van der Waals surface area contributed by atoms with Gasteiger partial charge in [-0.25, -0.2) is 9.59 Å². The smallest absolute Gasteiger partial charge is 0.326 e. The van der Waals surface area contributed by atoms with Crippen LogP contribution in [0.15, 0.2) is 0 Å². The highest BCUT2D eigenvalue weighted by molar-refractivity contribution is 5.82. The zero-order valence-corrected chi connectivity index (χ0v) is 13.5. The number of nitrogens with zero attached hydrogens (tertiary/aromatic N) is 1. The number of methoxy groups -OCH3 is 1. The van der Waals surface area contributed by atoms with Gasteiger partial charge < -0.3 is 20.1 Å². The highest BCUT2D eigenvalue weighted by Crippen LogP contribution is 2.35. The number of hydrogen-bond acceptors (Lipinski definition) is 3. The van der Waals surface area contributed by atoms with E-state index in [0.717, 1.165) is 12.8 Å². The molecule has 2 atom stereocenters. The third-order valence-electron chi connectivity index (χ3n) is 3.90.